The van der Waals surface area contributed by atoms with Crippen LogP contribution in [-0.2, 0) is 11.3 Å². The van der Waals surface area contributed by atoms with Crippen LogP contribution in [0.3, 0.4) is 0 Å². The molecular formula is C13H15BN4O2. The van der Waals surface area contributed by atoms with Crippen molar-refractivity contribution in [1.82, 2.24) is 14.5 Å². The number of anilines is 1. The summed E-state index contributed by atoms with van der Waals surface area (Å²) in [6.45, 7) is 3.75. The van der Waals surface area contributed by atoms with Crippen LogP contribution in [0.4, 0.5) is 5.95 Å². The van der Waals surface area contributed by atoms with E-state index in [4.69, 9.17) is 18.3 Å². The number of pyridine rings is 1. The van der Waals surface area contributed by atoms with E-state index in [1.54, 1.807) is 10.6 Å². The summed E-state index contributed by atoms with van der Waals surface area (Å²) in [5.41, 5.74) is 6.92. The molecule has 0 saturated carbocycles. The summed E-state index contributed by atoms with van der Waals surface area (Å²) in [4.78, 5) is 20.6. The first-order chi connectivity index (χ1) is 9.56. The Hall–Kier alpha value is -1.89. The fraction of sp³-hybridized carbons (Fsp3) is 0.462. The molecule has 1 aliphatic rings. The van der Waals surface area contributed by atoms with E-state index < -0.39 is 0 Å². The lowest BCUT2D eigenvalue weighted by atomic mass is 9.96. The minimum atomic E-state index is -0.234. The molecule has 1 unspecified atom stereocenters. The highest BCUT2D eigenvalue weighted by molar-refractivity contribution is 6.32. The van der Waals surface area contributed by atoms with E-state index >= 15 is 0 Å². The molecule has 2 N–H and O–H groups in total. The number of nitrogen functional groups attached to an aromatic ring is 1. The maximum absolute atomic E-state index is 12.3. The van der Waals surface area contributed by atoms with Gasteiger partial charge in [0.2, 0.25) is 11.5 Å². The van der Waals surface area contributed by atoms with E-state index in [1.165, 1.54) is 0 Å². The summed E-state index contributed by atoms with van der Waals surface area (Å²) in [5.74, 6) is 0.463. The number of aromatic nitrogens is 3. The molecule has 2 aromatic heterocycles. The predicted octanol–water partition coefficient (Wildman–Crippen LogP) is -0.488. The van der Waals surface area contributed by atoms with Crippen LogP contribution in [0.15, 0.2) is 10.9 Å². The van der Waals surface area contributed by atoms with Gasteiger partial charge in [-0.2, -0.15) is 4.98 Å². The lowest BCUT2D eigenvalue weighted by Gasteiger charge is -2.15. The Balaban J connectivity index is 2.21. The van der Waals surface area contributed by atoms with Gasteiger partial charge in [-0.15, -0.1) is 0 Å². The first-order valence-corrected chi connectivity index (χ1v) is 6.57. The third-order valence-corrected chi connectivity index (χ3v) is 3.65. The number of aryl methyl sites for hydroxylation is 1. The zero-order valence-corrected chi connectivity index (χ0v) is 11.3. The number of fused-ring (bicyclic) bond motifs is 1. The zero-order chi connectivity index (χ0) is 14.3. The van der Waals surface area contributed by atoms with Gasteiger partial charge in [0.1, 0.15) is 13.5 Å². The fourth-order valence-corrected chi connectivity index (χ4v) is 2.59. The van der Waals surface area contributed by atoms with Gasteiger partial charge < -0.3 is 10.5 Å². The highest BCUT2D eigenvalue weighted by atomic mass is 16.5. The molecule has 7 heteroatoms. The van der Waals surface area contributed by atoms with Crippen molar-refractivity contribution in [2.45, 2.75) is 19.9 Å². The summed E-state index contributed by atoms with van der Waals surface area (Å²) in [5, 5.41) is 0.759. The van der Waals surface area contributed by atoms with Gasteiger partial charge in [0.05, 0.1) is 12.3 Å². The molecule has 1 saturated heterocycles. The quantitative estimate of drug-likeness (QED) is 0.745. The molecule has 0 amide bonds. The van der Waals surface area contributed by atoms with Crippen LogP contribution in [0.25, 0.3) is 11.0 Å². The van der Waals surface area contributed by atoms with Crippen molar-refractivity contribution in [3.63, 3.8) is 0 Å². The Morgan fingerprint density at radius 3 is 3.05 bits per heavy atom. The van der Waals surface area contributed by atoms with E-state index in [2.05, 4.69) is 9.97 Å². The lowest BCUT2D eigenvalue weighted by Crippen LogP contribution is -2.36. The van der Waals surface area contributed by atoms with Gasteiger partial charge in [0.15, 0.2) is 0 Å². The van der Waals surface area contributed by atoms with E-state index in [-0.39, 0.29) is 17.0 Å². The van der Waals surface area contributed by atoms with Crippen LogP contribution in [0.2, 0.25) is 0 Å². The van der Waals surface area contributed by atoms with Gasteiger partial charge in [0.25, 0.3) is 0 Å². The van der Waals surface area contributed by atoms with Crippen LogP contribution in [0, 0.1) is 12.8 Å². The van der Waals surface area contributed by atoms with E-state index in [0.29, 0.717) is 24.7 Å². The molecule has 3 rings (SSSR count). The molecule has 3 heterocycles. The van der Waals surface area contributed by atoms with Gasteiger partial charge in [-0.3, -0.25) is 9.36 Å². The molecule has 0 aliphatic carbocycles. The molecule has 1 atom stereocenters. The average Bonchev–Trinajstić information content (AvgIpc) is 2.89. The smallest absolute Gasteiger partial charge is 0.245 e. The van der Waals surface area contributed by atoms with E-state index in [1.807, 2.05) is 6.92 Å². The molecule has 0 spiro atoms. The SMILES string of the molecule is [B]c1cc2c(C)nc(N)nc2n(CC2CCOC2)c1=O. The average molecular weight is 270 g/mol. The molecular weight excluding hydrogens is 255 g/mol. The van der Waals surface area contributed by atoms with Crippen LogP contribution >= 0.6 is 0 Å². The summed E-state index contributed by atoms with van der Waals surface area (Å²) in [6, 6.07) is 1.62. The minimum absolute atomic E-state index is 0.163. The van der Waals surface area contributed by atoms with Gasteiger partial charge in [-0.05, 0) is 18.8 Å². The van der Waals surface area contributed by atoms with Crippen LogP contribution in [0.5, 0.6) is 0 Å². The van der Waals surface area contributed by atoms with Crippen molar-refractivity contribution in [3.8, 4) is 0 Å². The first kappa shape index (κ1) is 13.1. The fourth-order valence-electron chi connectivity index (χ4n) is 2.59. The minimum Gasteiger partial charge on any atom is -0.381 e. The Morgan fingerprint density at radius 2 is 2.35 bits per heavy atom. The first-order valence-electron chi connectivity index (χ1n) is 6.57. The number of nitrogens with two attached hydrogens (primary N) is 1. The monoisotopic (exact) mass is 270 g/mol. The largest absolute Gasteiger partial charge is 0.381 e. The Kier molecular flexibility index (Phi) is 3.21. The number of hydrogen-bond acceptors (Lipinski definition) is 5. The molecule has 2 aromatic rings. The molecule has 2 radical (unpaired) electrons. The molecule has 0 aromatic carbocycles. The Morgan fingerprint density at radius 1 is 1.55 bits per heavy atom. The van der Waals surface area contributed by atoms with Gasteiger partial charge in [0, 0.05) is 24.5 Å². The van der Waals surface area contributed by atoms with Crippen LogP contribution in [-0.4, -0.2) is 35.6 Å². The van der Waals surface area contributed by atoms with E-state index in [0.717, 1.165) is 24.1 Å². The number of rotatable bonds is 2. The predicted molar refractivity (Wildman–Crippen MR) is 77.3 cm³/mol. The van der Waals surface area contributed by atoms with Gasteiger partial charge in [-0.1, -0.05) is 6.07 Å². The summed E-state index contributed by atoms with van der Waals surface area (Å²) in [6.07, 6.45) is 0.933. The second-order valence-electron chi connectivity index (χ2n) is 5.15. The van der Waals surface area contributed by atoms with Crippen molar-refractivity contribution in [2.24, 2.45) is 5.92 Å². The molecule has 20 heavy (non-hydrogen) atoms. The Labute approximate surface area is 117 Å². The highest BCUT2D eigenvalue weighted by Crippen LogP contribution is 2.18. The number of hydrogen-bond donors (Lipinski definition) is 1. The van der Waals surface area contributed by atoms with Crippen molar-refractivity contribution in [1.29, 1.82) is 0 Å². The van der Waals surface area contributed by atoms with Crippen molar-refractivity contribution in [3.05, 3.63) is 22.1 Å². The molecule has 102 valence electrons. The van der Waals surface area contributed by atoms with Crippen molar-refractivity contribution < 1.29 is 4.74 Å². The second kappa shape index (κ2) is 4.90. The maximum Gasteiger partial charge on any atom is 0.245 e. The van der Waals surface area contributed by atoms with E-state index in [9.17, 15) is 4.79 Å². The molecule has 1 aliphatic heterocycles. The topological polar surface area (TPSA) is 83.0 Å². The molecule has 1 fully saturated rings. The maximum atomic E-state index is 12.3. The number of ether oxygens (including phenoxy) is 1. The standard InChI is InChI=1S/C13H15BN4O2/c1-7-9-4-10(14)12(19)18(5-8-2-3-20-6-8)11(9)17-13(15)16-7/h4,8H,2-3,5-6H2,1H3,(H2,15,16,17). The molecule has 0 bridgehead atoms. The van der Waals surface area contributed by atoms with Crippen LogP contribution < -0.4 is 16.8 Å². The Bertz CT molecular complexity index is 722. The van der Waals surface area contributed by atoms with Crippen molar-refractivity contribution in [2.75, 3.05) is 18.9 Å². The van der Waals surface area contributed by atoms with Crippen LogP contribution in [0.1, 0.15) is 12.1 Å². The summed E-state index contributed by atoms with van der Waals surface area (Å²) < 4.78 is 6.95. The third-order valence-electron chi connectivity index (χ3n) is 3.65. The lowest BCUT2D eigenvalue weighted by molar-refractivity contribution is 0.182. The second-order valence-corrected chi connectivity index (χ2v) is 5.15. The number of nitrogens with zero attached hydrogens (tertiary/aromatic N) is 3. The van der Waals surface area contributed by atoms with Gasteiger partial charge >= 0.3 is 0 Å². The highest BCUT2D eigenvalue weighted by Gasteiger charge is 2.19. The van der Waals surface area contributed by atoms with Crippen molar-refractivity contribution >= 4 is 30.3 Å². The van der Waals surface area contributed by atoms with Gasteiger partial charge in [-0.25, -0.2) is 4.98 Å². The molecule has 6 nitrogen and oxygen atoms in total. The normalized spacial score (nSPS) is 18.8. The summed E-state index contributed by atoms with van der Waals surface area (Å²) >= 11 is 0. The summed E-state index contributed by atoms with van der Waals surface area (Å²) in [7, 11) is 5.82. The zero-order valence-electron chi connectivity index (χ0n) is 11.3. The third kappa shape index (κ3) is 2.18.